The van der Waals surface area contributed by atoms with E-state index in [4.69, 9.17) is 4.74 Å². The lowest BCUT2D eigenvalue weighted by Crippen LogP contribution is -2.42. The van der Waals surface area contributed by atoms with Crippen molar-refractivity contribution in [2.75, 3.05) is 5.32 Å². The summed E-state index contributed by atoms with van der Waals surface area (Å²) in [6.07, 6.45) is -4.66. The zero-order chi connectivity index (χ0) is 24.6. The Balaban J connectivity index is 1.55. The number of hydrogen-bond donors (Lipinski definition) is 2. The molecule has 0 fully saturated rings. The Morgan fingerprint density at radius 3 is 2.38 bits per heavy atom. The van der Waals surface area contributed by atoms with Crippen molar-refractivity contribution in [3.8, 4) is 11.6 Å². The van der Waals surface area contributed by atoms with Crippen molar-refractivity contribution < 1.29 is 27.8 Å². The van der Waals surface area contributed by atoms with Crippen LogP contribution in [0.1, 0.15) is 16.8 Å². The van der Waals surface area contributed by atoms with Gasteiger partial charge in [0.25, 0.3) is 0 Å². The minimum Gasteiger partial charge on any atom is -0.480 e. The van der Waals surface area contributed by atoms with E-state index in [1.165, 1.54) is 25.1 Å². The molecule has 4 aromatic rings. The number of halogens is 3. The smallest absolute Gasteiger partial charge is 0.433 e. The van der Waals surface area contributed by atoms with Gasteiger partial charge >= 0.3 is 12.1 Å². The molecule has 0 aliphatic carbocycles. The van der Waals surface area contributed by atoms with Crippen LogP contribution in [-0.2, 0) is 17.4 Å². The van der Waals surface area contributed by atoms with Gasteiger partial charge in [0.2, 0.25) is 16.7 Å². The van der Waals surface area contributed by atoms with Crippen LogP contribution in [0.2, 0.25) is 0 Å². The van der Waals surface area contributed by atoms with Gasteiger partial charge in [-0.15, -0.1) is 0 Å². The third-order valence-electron chi connectivity index (χ3n) is 5.34. The molecule has 10 heteroatoms. The minimum absolute atomic E-state index is 0.0140. The van der Waals surface area contributed by atoms with E-state index in [-0.39, 0.29) is 29.3 Å². The summed E-state index contributed by atoms with van der Waals surface area (Å²) >= 11 is 0. The van der Waals surface area contributed by atoms with Gasteiger partial charge in [-0.3, -0.25) is 9.59 Å². The van der Waals surface area contributed by atoms with Crippen molar-refractivity contribution in [3.63, 3.8) is 0 Å². The molecule has 3 aromatic carbocycles. The SMILES string of the molecule is Cc1c(NC(Cc2ccc(Oc3nc(C(F)(F)F)cc4ccccc34)cc2)C(=O)O)c(=O)c1=O. The number of rotatable bonds is 7. The first-order chi connectivity index (χ1) is 16.0. The van der Waals surface area contributed by atoms with Gasteiger partial charge < -0.3 is 15.2 Å². The van der Waals surface area contributed by atoms with Crippen LogP contribution in [0.5, 0.6) is 11.6 Å². The lowest BCUT2D eigenvalue weighted by atomic mass is 10.0. The number of fused-ring (bicyclic) bond motifs is 1. The second-order valence-corrected chi connectivity index (χ2v) is 7.68. The molecular weight excluding hydrogens is 453 g/mol. The molecule has 0 saturated carbocycles. The average molecular weight is 470 g/mol. The number of carboxylic acid groups (broad SMARTS) is 1. The van der Waals surface area contributed by atoms with Gasteiger partial charge in [0.1, 0.15) is 17.5 Å². The second-order valence-electron chi connectivity index (χ2n) is 7.68. The monoisotopic (exact) mass is 470 g/mol. The first kappa shape index (κ1) is 23.0. The Kier molecular flexibility index (Phi) is 5.82. The van der Waals surface area contributed by atoms with E-state index in [2.05, 4.69) is 10.3 Å². The molecule has 1 heterocycles. The van der Waals surface area contributed by atoms with Crippen LogP contribution in [-0.4, -0.2) is 22.1 Å². The summed E-state index contributed by atoms with van der Waals surface area (Å²) in [5.74, 6) is -1.22. The molecule has 34 heavy (non-hydrogen) atoms. The first-order valence-electron chi connectivity index (χ1n) is 10.1. The molecule has 7 nitrogen and oxygen atoms in total. The maximum Gasteiger partial charge on any atom is 0.433 e. The average Bonchev–Trinajstić information content (AvgIpc) is 2.81. The molecular formula is C24H17F3N2O5. The zero-order valence-electron chi connectivity index (χ0n) is 17.6. The summed E-state index contributed by atoms with van der Waals surface area (Å²) in [4.78, 5) is 38.2. The number of carboxylic acids is 1. The van der Waals surface area contributed by atoms with Crippen LogP contribution in [0.4, 0.5) is 18.9 Å². The molecule has 2 N–H and O–H groups in total. The number of anilines is 1. The highest BCUT2D eigenvalue weighted by molar-refractivity contribution is 5.87. The maximum atomic E-state index is 13.2. The van der Waals surface area contributed by atoms with Crippen LogP contribution in [0.15, 0.2) is 64.2 Å². The van der Waals surface area contributed by atoms with E-state index in [1.807, 2.05) is 0 Å². The lowest BCUT2D eigenvalue weighted by Gasteiger charge is -2.18. The molecule has 1 atom stereocenters. The Morgan fingerprint density at radius 2 is 1.76 bits per heavy atom. The summed E-state index contributed by atoms with van der Waals surface area (Å²) in [7, 11) is 0. The predicted molar refractivity (Wildman–Crippen MR) is 118 cm³/mol. The Labute approximate surface area is 190 Å². The summed E-state index contributed by atoms with van der Waals surface area (Å²) < 4.78 is 45.4. The van der Waals surface area contributed by atoms with Crippen molar-refractivity contribution in [1.82, 2.24) is 4.98 Å². The fourth-order valence-corrected chi connectivity index (χ4v) is 3.48. The van der Waals surface area contributed by atoms with Crippen molar-refractivity contribution >= 4 is 22.4 Å². The van der Waals surface area contributed by atoms with Crippen LogP contribution >= 0.6 is 0 Å². The number of nitrogens with zero attached hydrogens (tertiary/aromatic N) is 1. The predicted octanol–water partition coefficient (Wildman–Crippen LogP) is 4.06. The van der Waals surface area contributed by atoms with Crippen molar-refractivity contribution in [2.24, 2.45) is 0 Å². The highest BCUT2D eigenvalue weighted by atomic mass is 19.4. The Hall–Kier alpha value is -4.21. The highest BCUT2D eigenvalue weighted by Gasteiger charge is 2.33. The number of nitrogens with one attached hydrogen (secondary N) is 1. The number of aliphatic carboxylic acids is 1. The van der Waals surface area contributed by atoms with E-state index < -0.39 is 34.7 Å². The lowest BCUT2D eigenvalue weighted by molar-refractivity contribution is -0.141. The van der Waals surface area contributed by atoms with E-state index in [0.717, 1.165) is 6.07 Å². The summed E-state index contributed by atoms with van der Waals surface area (Å²) in [6, 6.07) is 12.2. The number of carbonyl (C=O) groups is 1. The van der Waals surface area contributed by atoms with E-state index >= 15 is 0 Å². The van der Waals surface area contributed by atoms with Gasteiger partial charge in [0.15, 0.2) is 0 Å². The van der Waals surface area contributed by atoms with Crippen LogP contribution in [0.3, 0.4) is 0 Å². The standard InChI is InChI=1S/C24H17F3N2O5/c1-12-19(21(31)20(12)30)28-17(23(32)33)10-13-6-8-15(9-7-13)34-22-16-5-3-2-4-14(16)11-18(29-22)24(25,26)27/h2-9,11,17,28H,10H2,1H3,(H,32,33). The van der Waals surface area contributed by atoms with Crippen LogP contribution in [0, 0.1) is 6.92 Å². The fraction of sp³-hybridized carbons (Fsp3) is 0.167. The number of aromatic nitrogens is 1. The van der Waals surface area contributed by atoms with E-state index in [9.17, 15) is 32.7 Å². The Morgan fingerprint density at radius 1 is 1.09 bits per heavy atom. The molecule has 1 unspecified atom stereocenters. The first-order valence-corrected chi connectivity index (χ1v) is 10.1. The fourth-order valence-electron chi connectivity index (χ4n) is 3.48. The number of pyridine rings is 1. The molecule has 0 amide bonds. The van der Waals surface area contributed by atoms with Gasteiger partial charge in [-0.1, -0.05) is 30.3 Å². The van der Waals surface area contributed by atoms with Crippen LogP contribution < -0.4 is 20.9 Å². The van der Waals surface area contributed by atoms with Gasteiger partial charge in [0, 0.05) is 17.4 Å². The number of hydrogen-bond acceptors (Lipinski definition) is 6. The summed E-state index contributed by atoms with van der Waals surface area (Å²) in [5.41, 5.74) is -1.76. The van der Waals surface area contributed by atoms with Gasteiger partial charge in [-0.25, -0.2) is 9.78 Å². The van der Waals surface area contributed by atoms with Crippen molar-refractivity contribution in [2.45, 2.75) is 25.6 Å². The Bertz CT molecular complexity index is 1460. The molecule has 174 valence electrons. The van der Waals surface area contributed by atoms with E-state index in [0.29, 0.717) is 16.3 Å². The topological polar surface area (TPSA) is 106 Å². The second kappa shape index (κ2) is 8.62. The van der Waals surface area contributed by atoms with Gasteiger partial charge in [0.05, 0.1) is 5.69 Å². The van der Waals surface area contributed by atoms with Gasteiger partial charge in [-0.2, -0.15) is 13.2 Å². The third kappa shape index (κ3) is 4.47. The highest BCUT2D eigenvalue weighted by Crippen LogP contribution is 2.35. The molecule has 0 saturated heterocycles. The molecule has 0 spiro atoms. The normalized spacial score (nSPS) is 12.6. The van der Waals surface area contributed by atoms with Gasteiger partial charge in [-0.05, 0) is 42.1 Å². The number of ether oxygens (including phenoxy) is 1. The summed E-state index contributed by atoms with van der Waals surface area (Å²) in [5, 5.41) is 12.8. The molecule has 0 aliphatic heterocycles. The third-order valence-corrected chi connectivity index (χ3v) is 5.34. The van der Waals surface area contributed by atoms with Crippen molar-refractivity contribution in [1.29, 1.82) is 0 Å². The number of benzene rings is 2. The minimum atomic E-state index is -4.65. The molecule has 0 radical (unpaired) electrons. The summed E-state index contributed by atoms with van der Waals surface area (Å²) in [6.45, 7) is 1.43. The maximum absolute atomic E-state index is 13.2. The molecule has 4 rings (SSSR count). The molecule has 0 bridgehead atoms. The van der Waals surface area contributed by atoms with Crippen molar-refractivity contribution in [3.05, 3.63) is 91.9 Å². The molecule has 0 aliphatic rings. The molecule has 1 aromatic heterocycles. The van der Waals surface area contributed by atoms with E-state index in [1.54, 1.807) is 30.3 Å². The van der Waals surface area contributed by atoms with Crippen LogP contribution in [0.25, 0.3) is 10.8 Å². The number of alkyl halides is 3. The zero-order valence-corrected chi connectivity index (χ0v) is 17.6. The quantitative estimate of drug-likeness (QED) is 0.393. The largest absolute Gasteiger partial charge is 0.480 e.